The third kappa shape index (κ3) is 11.7. The molecule has 0 aliphatic heterocycles. The average molecular weight is 285 g/mol. The van der Waals surface area contributed by atoms with Crippen LogP contribution in [0.15, 0.2) is 11.8 Å². The molecule has 20 heavy (non-hydrogen) atoms. The van der Waals surface area contributed by atoms with Crippen LogP contribution in [0, 0.1) is 10.1 Å². The number of hydrogen-bond acceptors (Lipinski definition) is 3. The lowest BCUT2D eigenvalue weighted by atomic mass is 10.1. The van der Waals surface area contributed by atoms with Gasteiger partial charge >= 0.3 is 5.97 Å². The van der Waals surface area contributed by atoms with Gasteiger partial charge in [-0.3, -0.25) is 14.9 Å². The smallest absolute Gasteiger partial charge is 0.303 e. The lowest BCUT2D eigenvalue weighted by molar-refractivity contribution is -0.428. The molecule has 0 aromatic heterocycles. The van der Waals surface area contributed by atoms with Crippen molar-refractivity contribution in [3.8, 4) is 0 Å². The van der Waals surface area contributed by atoms with Crippen LogP contribution in [0.25, 0.3) is 0 Å². The average Bonchev–Trinajstić information content (AvgIpc) is 2.39. The second kappa shape index (κ2) is 12.6. The van der Waals surface area contributed by atoms with Crippen molar-refractivity contribution < 1.29 is 14.8 Å². The van der Waals surface area contributed by atoms with Gasteiger partial charge in [0, 0.05) is 12.8 Å². The Balaban J connectivity index is 3.70. The number of hydrogen-bond donors (Lipinski definition) is 1. The first-order chi connectivity index (χ1) is 9.57. The van der Waals surface area contributed by atoms with Gasteiger partial charge in [0.25, 0.3) is 0 Å². The molecule has 0 heterocycles. The van der Waals surface area contributed by atoms with E-state index in [0.717, 1.165) is 51.4 Å². The van der Waals surface area contributed by atoms with E-state index in [9.17, 15) is 14.9 Å². The van der Waals surface area contributed by atoms with Crippen LogP contribution in [0.1, 0.15) is 77.6 Å². The standard InChI is InChI=1S/C15H27NO4/c1-2-3-4-8-11-14(16(19)20)12-9-6-5-7-10-13-15(17)18/h11H,2-10,12-13H2,1H3,(H,17,18)/b14-11-. The Morgan fingerprint density at radius 1 is 1.05 bits per heavy atom. The fourth-order valence-corrected chi connectivity index (χ4v) is 2.04. The Hall–Kier alpha value is -1.39. The molecule has 0 aromatic rings. The molecule has 0 unspecified atom stereocenters. The lowest BCUT2D eigenvalue weighted by Crippen LogP contribution is -1.99. The summed E-state index contributed by atoms with van der Waals surface area (Å²) in [6.45, 7) is 2.11. The van der Waals surface area contributed by atoms with Crippen molar-refractivity contribution >= 4 is 5.97 Å². The molecule has 1 N–H and O–H groups in total. The molecule has 0 radical (unpaired) electrons. The van der Waals surface area contributed by atoms with Crippen molar-refractivity contribution in [1.29, 1.82) is 0 Å². The molecule has 0 fully saturated rings. The molecule has 5 nitrogen and oxygen atoms in total. The van der Waals surface area contributed by atoms with E-state index in [2.05, 4.69) is 6.92 Å². The van der Waals surface area contributed by atoms with Gasteiger partial charge < -0.3 is 5.11 Å². The highest BCUT2D eigenvalue weighted by molar-refractivity contribution is 5.66. The van der Waals surface area contributed by atoms with Crippen molar-refractivity contribution in [3.63, 3.8) is 0 Å². The predicted octanol–water partition coefficient (Wildman–Crippen LogP) is 4.54. The van der Waals surface area contributed by atoms with Gasteiger partial charge in [0.15, 0.2) is 0 Å². The van der Waals surface area contributed by atoms with Gasteiger partial charge in [0.1, 0.15) is 0 Å². The summed E-state index contributed by atoms with van der Waals surface area (Å²) >= 11 is 0. The molecule has 0 rings (SSSR count). The van der Waals surface area contributed by atoms with Crippen molar-refractivity contribution in [2.24, 2.45) is 0 Å². The predicted molar refractivity (Wildman–Crippen MR) is 79.2 cm³/mol. The first kappa shape index (κ1) is 18.6. The molecule has 0 saturated heterocycles. The van der Waals surface area contributed by atoms with Gasteiger partial charge in [-0.1, -0.05) is 39.0 Å². The van der Waals surface area contributed by atoms with Crippen LogP contribution in [0.4, 0.5) is 0 Å². The molecule has 0 atom stereocenters. The minimum Gasteiger partial charge on any atom is -0.481 e. The molecule has 0 amide bonds. The Labute approximate surface area is 121 Å². The van der Waals surface area contributed by atoms with Gasteiger partial charge in [0.2, 0.25) is 5.70 Å². The number of carboxylic acids is 1. The third-order valence-corrected chi connectivity index (χ3v) is 3.25. The summed E-state index contributed by atoms with van der Waals surface area (Å²) in [6.07, 6.45) is 10.8. The van der Waals surface area contributed by atoms with Crippen molar-refractivity contribution in [3.05, 3.63) is 21.9 Å². The highest BCUT2D eigenvalue weighted by Gasteiger charge is 2.09. The minimum absolute atomic E-state index is 0.220. The maximum absolute atomic E-state index is 10.9. The number of carbonyl (C=O) groups is 1. The van der Waals surface area contributed by atoms with E-state index in [1.165, 1.54) is 0 Å². The quantitative estimate of drug-likeness (QED) is 0.306. The van der Waals surface area contributed by atoms with E-state index in [4.69, 9.17) is 5.11 Å². The molecule has 5 heteroatoms. The molecule has 0 saturated carbocycles. The van der Waals surface area contributed by atoms with Gasteiger partial charge in [0.05, 0.1) is 4.92 Å². The molecule has 0 bridgehead atoms. The number of carboxylic acid groups (broad SMARTS) is 1. The van der Waals surface area contributed by atoms with Crippen LogP contribution >= 0.6 is 0 Å². The molecule has 0 aromatic carbocycles. The van der Waals surface area contributed by atoms with Gasteiger partial charge in [-0.25, -0.2) is 0 Å². The number of unbranched alkanes of at least 4 members (excludes halogenated alkanes) is 7. The highest BCUT2D eigenvalue weighted by atomic mass is 16.6. The van der Waals surface area contributed by atoms with Crippen LogP contribution in [0.2, 0.25) is 0 Å². The van der Waals surface area contributed by atoms with Crippen LogP contribution in [-0.2, 0) is 4.79 Å². The maximum atomic E-state index is 10.9. The fraction of sp³-hybridized carbons (Fsp3) is 0.800. The summed E-state index contributed by atoms with van der Waals surface area (Å²) in [5.41, 5.74) is 0.339. The van der Waals surface area contributed by atoms with E-state index < -0.39 is 5.97 Å². The summed E-state index contributed by atoms with van der Waals surface area (Å²) in [4.78, 5) is 20.9. The van der Waals surface area contributed by atoms with E-state index in [0.29, 0.717) is 18.5 Å². The molecular weight excluding hydrogens is 258 g/mol. The van der Waals surface area contributed by atoms with E-state index in [1.807, 2.05) is 0 Å². The zero-order chi connectivity index (χ0) is 15.2. The molecule has 116 valence electrons. The largest absolute Gasteiger partial charge is 0.481 e. The number of rotatable bonds is 13. The van der Waals surface area contributed by atoms with E-state index >= 15 is 0 Å². The van der Waals surface area contributed by atoms with Crippen molar-refractivity contribution in [1.82, 2.24) is 0 Å². The second-order valence-electron chi connectivity index (χ2n) is 5.11. The monoisotopic (exact) mass is 285 g/mol. The van der Waals surface area contributed by atoms with Crippen LogP contribution < -0.4 is 0 Å². The van der Waals surface area contributed by atoms with Gasteiger partial charge in [-0.2, -0.15) is 0 Å². The summed E-state index contributed by atoms with van der Waals surface area (Å²) in [5.74, 6) is -0.754. The number of aliphatic carboxylic acids is 1. The second-order valence-corrected chi connectivity index (χ2v) is 5.11. The molecular formula is C15H27NO4. The number of nitro groups is 1. The molecule has 0 spiro atoms. The Morgan fingerprint density at radius 2 is 1.65 bits per heavy atom. The van der Waals surface area contributed by atoms with Crippen LogP contribution in [0.5, 0.6) is 0 Å². The molecule has 0 aliphatic carbocycles. The zero-order valence-corrected chi connectivity index (χ0v) is 12.5. The maximum Gasteiger partial charge on any atom is 0.303 e. The summed E-state index contributed by atoms with van der Waals surface area (Å²) in [5, 5.41) is 19.4. The zero-order valence-electron chi connectivity index (χ0n) is 12.5. The third-order valence-electron chi connectivity index (χ3n) is 3.25. The first-order valence-electron chi connectivity index (χ1n) is 7.63. The van der Waals surface area contributed by atoms with E-state index in [-0.39, 0.29) is 11.3 Å². The number of nitrogens with zero attached hydrogens (tertiary/aromatic N) is 1. The summed E-state index contributed by atoms with van der Waals surface area (Å²) < 4.78 is 0. The van der Waals surface area contributed by atoms with Gasteiger partial charge in [-0.05, 0) is 31.8 Å². The Kier molecular flexibility index (Phi) is 11.8. The van der Waals surface area contributed by atoms with E-state index in [1.54, 1.807) is 6.08 Å². The normalized spacial score (nSPS) is 11.6. The van der Waals surface area contributed by atoms with Crippen LogP contribution in [0.3, 0.4) is 0 Å². The van der Waals surface area contributed by atoms with Crippen molar-refractivity contribution in [2.45, 2.75) is 77.6 Å². The van der Waals surface area contributed by atoms with Crippen LogP contribution in [-0.4, -0.2) is 16.0 Å². The molecule has 0 aliphatic rings. The Morgan fingerprint density at radius 3 is 2.20 bits per heavy atom. The van der Waals surface area contributed by atoms with Gasteiger partial charge in [-0.15, -0.1) is 0 Å². The summed E-state index contributed by atoms with van der Waals surface area (Å²) in [7, 11) is 0. The Bertz CT molecular complexity index is 313. The topological polar surface area (TPSA) is 80.4 Å². The SMILES string of the molecule is CCCCC/C=C(/CCCCCCCC(=O)O)[N+](=O)[O-]. The lowest BCUT2D eigenvalue weighted by Gasteiger charge is -2.01. The first-order valence-corrected chi connectivity index (χ1v) is 7.63. The highest BCUT2D eigenvalue weighted by Crippen LogP contribution is 2.14. The summed E-state index contributed by atoms with van der Waals surface area (Å²) in [6, 6.07) is 0. The number of allylic oxidation sites excluding steroid dienone is 2. The fourth-order valence-electron chi connectivity index (χ4n) is 2.04. The minimum atomic E-state index is -0.754. The van der Waals surface area contributed by atoms with Crippen molar-refractivity contribution in [2.75, 3.05) is 0 Å².